The van der Waals surface area contributed by atoms with Gasteiger partial charge in [-0.05, 0) is 58.3 Å². The molecule has 0 saturated heterocycles. The molecule has 0 bridgehead atoms. The van der Waals surface area contributed by atoms with Crippen molar-refractivity contribution in [3.8, 4) is 5.75 Å². The molecule has 0 aromatic heterocycles. The van der Waals surface area contributed by atoms with Crippen LogP contribution in [0.1, 0.15) is 37.1 Å². The van der Waals surface area contributed by atoms with Gasteiger partial charge in [-0.25, -0.2) is 0 Å². The second-order valence-electron chi connectivity index (χ2n) is 4.82. The molecule has 0 amide bonds. The quantitative estimate of drug-likeness (QED) is 0.644. The fraction of sp³-hybridized carbons (Fsp3) is 0.571. The zero-order valence-corrected chi connectivity index (χ0v) is 13.4. The smallest absolute Gasteiger partial charge is 0.133 e. The molecule has 3 unspecified atom stereocenters. The number of halogens is 2. The molecule has 1 fully saturated rings. The molecule has 1 aliphatic rings. The van der Waals surface area contributed by atoms with Crippen LogP contribution in [0.5, 0.6) is 5.75 Å². The maximum absolute atomic E-state index is 5.66. The fourth-order valence-corrected chi connectivity index (χ4v) is 3.56. The van der Waals surface area contributed by atoms with Crippen molar-refractivity contribution in [1.29, 1.82) is 0 Å². The molecule has 3 atom stereocenters. The Morgan fingerprint density at radius 3 is 2.71 bits per heavy atom. The summed E-state index contributed by atoms with van der Waals surface area (Å²) in [4.78, 5) is 0.481. The zero-order chi connectivity index (χ0) is 12.4. The molecule has 94 valence electrons. The molecule has 1 saturated carbocycles. The minimum absolute atomic E-state index is 0.481. The third kappa shape index (κ3) is 3.25. The summed E-state index contributed by atoms with van der Waals surface area (Å²) in [7, 11) is 0. The van der Waals surface area contributed by atoms with E-state index >= 15 is 0 Å². The van der Waals surface area contributed by atoms with Crippen molar-refractivity contribution in [2.24, 2.45) is 11.8 Å². The molecule has 2 rings (SSSR count). The van der Waals surface area contributed by atoms with Gasteiger partial charge in [-0.15, -0.1) is 0 Å². The van der Waals surface area contributed by atoms with Crippen LogP contribution < -0.4 is 4.74 Å². The van der Waals surface area contributed by atoms with Crippen LogP contribution >= 0.6 is 31.9 Å². The van der Waals surface area contributed by atoms with Gasteiger partial charge < -0.3 is 4.74 Å². The molecule has 1 aromatic carbocycles. The lowest BCUT2D eigenvalue weighted by atomic mass is 10.1. The van der Waals surface area contributed by atoms with Gasteiger partial charge in [0.1, 0.15) is 5.75 Å². The summed E-state index contributed by atoms with van der Waals surface area (Å²) in [6.07, 6.45) is 2.37. The Morgan fingerprint density at radius 1 is 1.47 bits per heavy atom. The maximum Gasteiger partial charge on any atom is 0.133 e. The molecule has 17 heavy (non-hydrogen) atoms. The number of alkyl halides is 1. The van der Waals surface area contributed by atoms with Gasteiger partial charge in [0.15, 0.2) is 0 Å². The van der Waals surface area contributed by atoms with E-state index in [-0.39, 0.29) is 0 Å². The number of benzene rings is 1. The average molecular weight is 362 g/mol. The number of hydrogen-bond acceptors (Lipinski definition) is 1. The summed E-state index contributed by atoms with van der Waals surface area (Å²) in [6.45, 7) is 5.20. The van der Waals surface area contributed by atoms with Crippen LogP contribution in [0.15, 0.2) is 22.7 Å². The molecule has 0 radical (unpaired) electrons. The standard InChI is InChI=1S/C14H18Br2O/c1-3-6-17-13-5-4-10(8-12(13)15)14(16)11-7-9(11)2/h4-5,8-9,11,14H,3,6-7H2,1-2H3. The summed E-state index contributed by atoms with van der Waals surface area (Å²) in [6, 6.07) is 6.41. The van der Waals surface area contributed by atoms with E-state index in [1.807, 2.05) is 0 Å². The first-order valence-corrected chi connectivity index (χ1v) is 7.90. The van der Waals surface area contributed by atoms with Crippen molar-refractivity contribution in [1.82, 2.24) is 0 Å². The minimum atomic E-state index is 0.481. The molecule has 1 aliphatic carbocycles. The van der Waals surface area contributed by atoms with Crippen LogP contribution in [0, 0.1) is 11.8 Å². The van der Waals surface area contributed by atoms with Crippen molar-refractivity contribution in [2.45, 2.75) is 31.5 Å². The third-order valence-corrected chi connectivity index (χ3v) is 5.11. The molecule has 0 N–H and O–H groups in total. The molecule has 0 aliphatic heterocycles. The van der Waals surface area contributed by atoms with Crippen LogP contribution in [0.4, 0.5) is 0 Å². The van der Waals surface area contributed by atoms with Crippen molar-refractivity contribution in [2.75, 3.05) is 6.61 Å². The third-order valence-electron chi connectivity index (χ3n) is 3.28. The van der Waals surface area contributed by atoms with Gasteiger partial charge in [0, 0.05) is 4.83 Å². The van der Waals surface area contributed by atoms with E-state index in [2.05, 4.69) is 63.9 Å². The Bertz CT molecular complexity index is 392. The molecular formula is C14H18Br2O. The summed E-state index contributed by atoms with van der Waals surface area (Å²) in [5, 5.41) is 0. The lowest BCUT2D eigenvalue weighted by Gasteiger charge is -2.12. The predicted octanol–water partition coefficient (Wildman–Crippen LogP) is 5.33. The summed E-state index contributed by atoms with van der Waals surface area (Å²) in [5.74, 6) is 2.60. The first-order chi connectivity index (χ1) is 8.13. The topological polar surface area (TPSA) is 9.23 Å². The minimum Gasteiger partial charge on any atom is -0.492 e. The van der Waals surface area contributed by atoms with Crippen molar-refractivity contribution < 1.29 is 4.74 Å². The van der Waals surface area contributed by atoms with Gasteiger partial charge in [0.05, 0.1) is 11.1 Å². The highest BCUT2D eigenvalue weighted by atomic mass is 79.9. The Balaban J connectivity index is 2.07. The second kappa shape index (κ2) is 5.75. The van der Waals surface area contributed by atoms with Gasteiger partial charge in [0.25, 0.3) is 0 Å². The van der Waals surface area contributed by atoms with E-state index in [4.69, 9.17) is 4.74 Å². The summed E-state index contributed by atoms with van der Waals surface area (Å²) < 4.78 is 6.71. The largest absolute Gasteiger partial charge is 0.492 e. The van der Waals surface area contributed by atoms with Crippen molar-refractivity contribution in [3.63, 3.8) is 0 Å². The van der Waals surface area contributed by atoms with E-state index in [1.54, 1.807) is 0 Å². The molecular weight excluding hydrogens is 344 g/mol. The maximum atomic E-state index is 5.66. The van der Waals surface area contributed by atoms with Crippen LogP contribution in [0.2, 0.25) is 0 Å². The monoisotopic (exact) mass is 360 g/mol. The lowest BCUT2D eigenvalue weighted by molar-refractivity contribution is 0.315. The highest BCUT2D eigenvalue weighted by Gasteiger charge is 2.38. The predicted molar refractivity (Wildman–Crippen MR) is 78.9 cm³/mol. The number of rotatable bonds is 5. The molecule has 1 nitrogen and oxygen atoms in total. The Kier molecular flexibility index (Phi) is 4.53. The van der Waals surface area contributed by atoms with Gasteiger partial charge in [-0.3, -0.25) is 0 Å². The molecule has 0 spiro atoms. The normalized spacial score (nSPS) is 24.5. The highest BCUT2D eigenvalue weighted by Crippen LogP contribution is 2.51. The average Bonchev–Trinajstić information content (AvgIpc) is 3.04. The second-order valence-corrected chi connectivity index (χ2v) is 6.66. The van der Waals surface area contributed by atoms with Crippen LogP contribution in [-0.2, 0) is 0 Å². The number of ether oxygens (including phenoxy) is 1. The van der Waals surface area contributed by atoms with Crippen LogP contribution in [0.3, 0.4) is 0 Å². The Morgan fingerprint density at radius 2 is 2.18 bits per heavy atom. The fourth-order valence-electron chi connectivity index (χ4n) is 2.02. The molecule has 1 aromatic rings. The Labute approximate surface area is 120 Å². The van der Waals surface area contributed by atoms with Crippen LogP contribution in [-0.4, -0.2) is 6.61 Å². The number of hydrogen-bond donors (Lipinski definition) is 0. The Hall–Kier alpha value is -0.0200. The van der Waals surface area contributed by atoms with Crippen molar-refractivity contribution in [3.05, 3.63) is 28.2 Å². The van der Waals surface area contributed by atoms with Crippen molar-refractivity contribution >= 4 is 31.9 Å². The highest BCUT2D eigenvalue weighted by molar-refractivity contribution is 9.10. The molecule has 0 heterocycles. The van der Waals surface area contributed by atoms with Gasteiger partial charge in [-0.2, -0.15) is 0 Å². The van der Waals surface area contributed by atoms with E-state index in [9.17, 15) is 0 Å². The van der Waals surface area contributed by atoms with E-state index in [0.29, 0.717) is 4.83 Å². The molecule has 3 heteroatoms. The lowest BCUT2D eigenvalue weighted by Crippen LogP contribution is -1.98. The van der Waals surface area contributed by atoms with E-state index in [1.165, 1.54) is 12.0 Å². The summed E-state index contributed by atoms with van der Waals surface area (Å²) in [5.41, 5.74) is 1.34. The van der Waals surface area contributed by atoms with Gasteiger partial charge >= 0.3 is 0 Å². The first kappa shape index (κ1) is 13.4. The van der Waals surface area contributed by atoms with Gasteiger partial charge in [0.2, 0.25) is 0 Å². The first-order valence-electron chi connectivity index (χ1n) is 6.19. The van der Waals surface area contributed by atoms with E-state index in [0.717, 1.165) is 35.1 Å². The zero-order valence-electron chi connectivity index (χ0n) is 10.2. The SMILES string of the molecule is CCCOc1ccc(C(Br)C2CC2C)cc1Br. The van der Waals surface area contributed by atoms with E-state index < -0.39 is 0 Å². The van der Waals surface area contributed by atoms with Gasteiger partial charge in [-0.1, -0.05) is 35.8 Å². The summed E-state index contributed by atoms with van der Waals surface area (Å²) >= 11 is 7.39. The van der Waals surface area contributed by atoms with Crippen LogP contribution in [0.25, 0.3) is 0 Å².